The minimum absolute atomic E-state index is 0.467. The standard InChI is InChI=1S/C13H22N2O/c1-10(2)7-9-15(4)13-12(11(3)16)6-5-8-14-13/h5-6,8,10-11,16H,7,9H2,1-4H3. The summed E-state index contributed by atoms with van der Waals surface area (Å²) < 4.78 is 0. The highest BCUT2D eigenvalue weighted by Crippen LogP contribution is 2.23. The molecule has 0 aliphatic heterocycles. The lowest BCUT2D eigenvalue weighted by atomic mass is 10.1. The Bertz CT molecular complexity index is 323. The Labute approximate surface area is 98.1 Å². The van der Waals surface area contributed by atoms with Crippen molar-refractivity contribution in [1.82, 2.24) is 4.98 Å². The maximum atomic E-state index is 9.66. The zero-order valence-electron chi connectivity index (χ0n) is 10.6. The van der Waals surface area contributed by atoms with E-state index in [4.69, 9.17) is 0 Å². The molecule has 3 heteroatoms. The molecule has 0 aliphatic rings. The van der Waals surface area contributed by atoms with Crippen molar-refractivity contribution in [3.05, 3.63) is 23.9 Å². The van der Waals surface area contributed by atoms with Gasteiger partial charge in [-0.3, -0.25) is 0 Å². The van der Waals surface area contributed by atoms with E-state index in [9.17, 15) is 5.11 Å². The van der Waals surface area contributed by atoms with Crippen LogP contribution in [0.5, 0.6) is 0 Å². The lowest BCUT2D eigenvalue weighted by Gasteiger charge is -2.22. The molecule has 1 aromatic heterocycles. The van der Waals surface area contributed by atoms with Crippen LogP contribution in [-0.4, -0.2) is 23.7 Å². The Morgan fingerprint density at radius 1 is 1.38 bits per heavy atom. The molecule has 1 rings (SSSR count). The number of aliphatic hydroxyl groups is 1. The molecule has 3 nitrogen and oxygen atoms in total. The van der Waals surface area contributed by atoms with E-state index in [0.717, 1.165) is 24.3 Å². The van der Waals surface area contributed by atoms with Crippen LogP contribution in [0.2, 0.25) is 0 Å². The van der Waals surface area contributed by atoms with Gasteiger partial charge in [0.05, 0.1) is 6.10 Å². The average Bonchev–Trinajstić information content (AvgIpc) is 2.25. The van der Waals surface area contributed by atoms with Gasteiger partial charge in [0, 0.05) is 25.4 Å². The van der Waals surface area contributed by atoms with Gasteiger partial charge in [0.15, 0.2) is 0 Å². The van der Waals surface area contributed by atoms with E-state index in [1.165, 1.54) is 0 Å². The molecule has 1 N–H and O–H groups in total. The molecule has 1 aromatic rings. The summed E-state index contributed by atoms with van der Waals surface area (Å²) in [4.78, 5) is 6.46. The molecule has 1 heterocycles. The molecule has 0 aromatic carbocycles. The lowest BCUT2D eigenvalue weighted by Crippen LogP contribution is -2.22. The molecular formula is C13H22N2O. The highest BCUT2D eigenvalue weighted by atomic mass is 16.3. The molecular weight excluding hydrogens is 200 g/mol. The Kier molecular flexibility index (Phi) is 4.74. The summed E-state index contributed by atoms with van der Waals surface area (Å²) in [5.74, 6) is 1.57. The van der Waals surface area contributed by atoms with Crippen molar-refractivity contribution in [1.29, 1.82) is 0 Å². The third-order valence-electron chi connectivity index (χ3n) is 2.67. The van der Waals surface area contributed by atoms with Crippen molar-refractivity contribution in [2.75, 3.05) is 18.5 Å². The fourth-order valence-corrected chi connectivity index (χ4v) is 1.61. The Balaban J connectivity index is 2.77. The van der Waals surface area contributed by atoms with E-state index in [1.807, 2.05) is 19.2 Å². The van der Waals surface area contributed by atoms with E-state index in [2.05, 4.69) is 23.7 Å². The molecule has 0 bridgehead atoms. The van der Waals surface area contributed by atoms with E-state index < -0.39 is 6.10 Å². The summed E-state index contributed by atoms with van der Waals surface area (Å²) in [7, 11) is 2.02. The van der Waals surface area contributed by atoms with Gasteiger partial charge >= 0.3 is 0 Å². The van der Waals surface area contributed by atoms with E-state index in [1.54, 1.807) is 13.1 Å². The maximum absolute atomic E-state index is 9.66. The minimum Gasteiger partial charge on any atom is -0.389 e. The van der Waals surface area contributed by atoms with Gasteiger partial charge in [0.2, 0.25) is 0 Å². The van der Waals surface area contributed by atoms with E-state index >= 15 is 0 Å². The summed E-state index contributed by atoms with van der Waals surface area (Å²) in [6, 6.07) is 3.79. The predicted molar refractivity (Wildman–Crippen MR) is 67.6 cm³/mol. The molecule has 0 aliphatic carbocycles. The molecule has 1 atom stereocenters. The summed E-state index contributed by atoms with van der Waals surface area (Å²) in [5, 5.41) is 9.66. The lowest BCUT2D eigenvalue weighted by molar-refractivity contribution is 0.199. The molecule has 1 unspecified atom stereocenters. The van der Waals surface area contributed by atoms with E-state index in [-0.39, 0.29) is 0 Å². The second kappa shape index (κ2) is 5.85. The van der Waals surface area contributed by atoms with Crippen LogP contribution in [0.4, 0.5) is 5.82 Å². The Hall–Kier alpha value is -1.09. The van der Waals surface area contributed by atoms with Gasteiger partial charge in [0.25, 0.3) is 0 Å². The quantitative estimate of drug-likeness (QED) is 0.832. The predicted octanol–water partition coefficient (Wildman–Crippen LogP) is 2.62. The fraction of sp³-hybridized carbons (Fsp3) is 0.615. The number of hydrogen-bond donors (Lipinski definition) is 1. The number of aliphatic hydroxyl groups excluding tert-OH is 1. The number of nitrogens with zero attached hydrogens (tertiary/aromatic N) is 2. The molecule has 0 saturated heterocycles. The number of rotatable bonds is 5. The van der Waals surface area contributed by atoms with Crippen LogP contribution in [0.3, 0.4) is 0 Å². The van der Waals surface area contributed by atoms with Crippen LogP contribution < -0.4 is 4.90 Å². The average molecular weight is 222 g/mol. The van der Waals surface area contributed by atoms with Gasteiger partial charge < -0.3 is 10.0 Å². The number of pyridine rings is 1. The first-order valence-electron chi connectivity index (χ1n) is 5.86. The third kappa shape index (κ3) is 3.49. The third-order valence-corrected chi connectivity index (χ3v) is 2.67. The summed E-state index contributed by atoms with van der Waals surface area (Å²) in [6.07, 6.45) is 2.43. The van der Waals surface area contributed by atoms with Crippen molar-refractivity contribution in [3.8, 4) is 0 Å². The van der Waals surface area contributed by atoms with Crippen LogP contribution in [0.25, 0.3) is 0 Å². The van der Waals surface area contributed by atoms with E-state index in [0.29, 0.717) is 5.92 Å². The molecule has 0 fully saturated rings. The molecule has 0 radical (unpaired) electrons. The Morgan fingerprint density at radius 2 is 2.06 bits per heavy atom. The highest BCUT2D eigenvalue weighted by molar-refractivity contribution is 5.46. The first-order chi connectivity index (χ1) is 7.52. The smallest absolute Gasteiger partial charge is 0.134 e. The van der Waals surface area contributed by atoms with Crippen LogP contribution in [-0.2, 0) is 0 Å². The zero-order valence-corrected chi connectivity index (χ0v) is 10.6. The fourth-order valence-electron chi connectivity index (χ4n) is 1.61. The number of aromatic nitrogens is 1. The first kappa shape index (κ1) is 13.0. The van der Waals surface area contributed by atoms with Crippen molar-refractivity contribution in [2.45, 2.75) is 33.3 Å². The second-order valence-electron chi connectivity index (χ2n) is 4.70. The van der Waals surface area contributed by atoms with Gasteiger partial charge in [-0.2, -0.15) is 0 Å². The molecule has 0 amide bonds. The topological polar surface area (TPSA) is 36.4 Å². The molecule has 16 heavy (non-hydrogen) atoms. The number of anilines is 1. The van der Waals surface area contributed by atoms with Gasteiger partial charge in [-0.1, -0.05) is 19.9 Å². The zero-order chi connectivity index (χ0) is 12.1. The van der Waals surface area contributed by atoms with Gasteiger partial charge in [-0.25, -0.2) is 4.98 Å². The number of hydrogen-bond acceptors (Lipinski definition) is 3. The molecule has 0 saturated carbocycles. The first-order valence-corrected chi connectivity index (χ1v) is 5.86. The normalized spacial score (nSPS) is 12.9. The second-order valence-corrected chi connectivity index (χ2v) is 4.70. The molecule has 0 spiro atoms. The van der Waals surface area contributed by atoms with Crippen molar-refractivity contribution >= 4 is 5.82 Å². The highest BCUT2D eigenvalue weighted by Gasteiger charge is 2.12. The summed E-state index contributed by atoms with van der Waals surface area (Å²) in [5.41, 5.74) is 0.897. The Morgan fingerprint density at radius 3 is 2.62 bits per heavy atom. The minimum atomic E-state index is -0.467. The van der Waals surface area contributed by atoms with Crippen molar-refractivity contribution < 1.29 is 5.11 Å². The maximum Gasteiger partial charge on any atom is 0.134 e. The summed E-state index contributed by atoms with van der Waals surface area (Å²) in [6.45, 7) is 7.16. The van der Waals surface area contributed by atoms with Crippen LogP contribution in [0, 0.1) is 5.92 Å². The van der Waals surface area contributed by atoms with Gasteiger partial charge in [-0.15, -0.1) is 0 Å². The van der Waals surface area contributed by atoms with Crippen LogP contribution in [0.15, 0.2) is 18.3 Å². The monoisotopic (exact) mass is 222 g/mol. The SMILES string of the molecule is CC(C)CCN(C)c1ncccc1C(C)O. The van der Waals surface area contributed by atoms with Gasteiger partial charge in [-0.05, 0) is 25.3 Å². The molecule has 90 valence electrons. The van der Waals surface area contributed by atoms with Crippen LogP contribution >= 0.6 is 0 Å². The van der Waals surface area contributed by atoms with Crippen LogP contribution in [0.1, 0.15) is 38.9 Å². The van der Waals surface area contributed by atoms with Crippen molar-refractivity contribution in [2.24, 2.45) is 5.92 Å². The summed E-state index contributed by atoms with van der Waals surface area (Å²) >= 11 is 0. The van der Waals surface area contributed by atoms with Gasteiger partial charge in [0.1, 0.15) is 5.82 Å². The largest absolute Gasteiger partial charge is 0.389 e. The van der Waals surface area contributed by atoms with Crippen molar-refractivity contribution in [3.63, 3.8) is 0 Å².